The van der Waals surface area contributed by atoms with Gasteiger partial charge < -0.3 is 40.1 Å². The summed E-state index contributed by atoms with van der Waals surface area (Å²) in [7, 11) is 3.47. The summed E-state index contributed by atoms with van der Waals surface area (Å²) in [5.41, 5.74) is 0.479. The number of aliphatic hydroxyl groups is 3. The molecule has 0 bridgehead atoms. The summed E-state index contributed by atoms with van der Waals surface area (Å²) in [6.07, 6.45) is -3.99. The fraction of sp³-hybridized carbons (Fsp3) is 0.562. The second-order valence-electron chi connectivity index (χ2n) is 6.87. The topological polar surface area (TPSA) is 132 Å². The number of rotatable bonds is 1. The number of ether oxygens (including phenoxy) is 2. The molecule has 3 aliphatic rings. The van der Waals surface area contributed by atoms with Crippen molar-refractivity contribution in [1.82, 2.24) is 10.2 Å². The summed E-state index contributed by atoms with van der Waals surface area (Å²) < 4.78 is 10.5. The van der Waals surface area contributed by atoms with Crippen molar-refractivity contribution in [3.63, 3.8) is 0 Å². The number of fused-ring (bicyclic) bond motifs is 4. The van der Waals surface area contributed by atoms with Crippen LogP contribution in [0.5, 0.6) is 17.2 Å². The van der Waals surface area contributed by atoms with Crippen molar-refractivity contribution < 1.29 is 34.7 Å². The molecule has 4 rings (SSSR count). The fourth-order valence-corrected chi connectivity index (χ4v) is 4.20. The van der Waals surface area contributed by atoms with Crippen LogP contribution in [-0.2, 0) is 0 Å². The molecule has 9 heteroatoms. The van der Waals surface area contributed by atoms with Gasteiger partial charge in [-0.05, 0) is 25.7 Å². The minimum atomic E-state index is -1.40. The van der Waals surface area contributed by atoms with Crippen LogP contribution in [-0.4, -0.2) is 82.5 Å². The quantitative estimate of drug-likeness (QED) is 0.406. The van der Waals surface area contributed by atoms with Crippen LogP contribution in [0.2, 0.25) is 0 Å². The molecule has 1 amide bonds. The van der Waals surface area contributed by atoms with E-state index in [1.807, 2.05) is 0 Å². The number of nitrogens with one attached hydrogen (secondary N) is 1. The van der Waals surface area contributed by atoms with Crippen LogP contribution in [0.4, 0.5) is 0 Å². The van der Waals surface area contributed by atoms with Gasteiger partial charge in [-0.2, -0.15) is 0 Å². The number of likely N-dealkylation sites (N-methyl/N-ethyl adjacent to an activating group) is 1. The predicted molar refractivity (Wildman–Crippen MR) is 83.7 cm³/mol. The molecule has 5 N–H and O–H groups in total. The molecule has 0 spiro atoms. The Morgan fingerprint density at radius 2 is 1.88 bits per heavy atom. The number of benzene rings is 1. The molecule has 1 saturated carbocycles. The maximum absolute atomic E-state index is 12.5. The van der Waals surface area contributed by atoms with E-state index < -0.39 is 42.2 Å². The van der Waals surface area contributed by atoms with Crippen molar-refractivity contribution in [3.8, 4) is 17.2 Å². The Bertz CT molecular complexity index is 738. The minimum absolute atomic E-state index is 0.0353. The van der Waals surface area contributed by atoms with Gasteiger partial charge in [-0.3, -0.25) is 4.79 Å². The average Bonchev–Trinajstić information content (AvgIpc) is 3.02. The van der Waals surface area contributed by atoms with E-state index in [0.29, 0.717) is 11.3 Å². The molecule has 2 aliphatic heterocycles. The number of nitrogens with zero attached hydrogens (tertiary/aromatic N) is 1. The lowest BCUT2D eigenvalue weighted by Crippen LogP contribution is -2.69. The Hall–Kier alpha value is -2.07. The highest BCUT2D eigenvalue weighted by Crippen LogP contribution is 2.50. The Morgan fingerprint density at radius 1 is 1.16 bits per heavy atom. The molecule has 1 fully saturated rings. The highest BCUT2D eigenvalue weighted by atomic mass is 16.7. The van der Waals surface area contributed by atoms with E-state index in [4.69, 9.17) is 9.47 Å². The van der Waals surface area contributed by atoms with E-state index in [1.54, 1.807) is 25.1 Å². The lowest BCUT2D eigenvalue weighted by atomic mass is 9.68. The van der Waals surface area contributed by atoms with Gasteiger partial charge in [0.1, 0.15) is 12.2 Å². The molecule has 2 heterocycles. The standard InChI is InChI=1S/C16H20N2O7/c1-18(2)10-7-5-3-6-15(25-4-24-6)11(19)8(5)16(23)17-9(7)12(20)14(22)13(10)21/h3,7,9-10,12-14,19-22H,4H2,1-2H3,(H,17,23)/t7-,9-,10-,12+,13+,14+/m1/s1. The van der Waals surface area contributed by atoms with Gasteiger partial charge in [-0.15, -0.1) is 0 Å². The lowest BCUT2D eigenvalue weighted by Gasteiger charge is -2.51. The minimum Gasteiger partial charge on any atom is -0.504 e. The molecule has 6 atom stereocenters. The SMILES string of the molecule is CN(C)[C@H]1[C@H](O)[C@@H](O)[C@@H](O)[C@@H]2NC(=O)c3c(cc4c(c3O)OCO4)[C@H]21. The highest BCUT2D eigenvalue weighted by Gasteiger charge is 2.54. The molecule has 0 saturated heterocycles. The molecule has 9 nitrogen and oxygen atoms in total. The molecule has 25 heavy (non-hydrogen) atoms. The number of hydrogen-bond acceptors (Lipinski definition) is 8. The normalized spacial score (nSPS) is 36.0. The molecular weight excluding hydrogens is 332 g/mol. The van der Waals surface area contributed by atoms with Crippen molar-refractivity contribution in [2.75, 3.05) is 20.9 Å². The summed E-state index contributed by atoms with van der Waals surface area (Å²) in [6, 6.07) is 0.189. The molecule has 0 aromatic heterocycles. The van der Waals surface area contributed by atoms with Gasteiger partial charge in [0.15, 0.2) is 11.5 Å². The van der Waals surface area contributed by atoms with Crippen LogP contribution < -0.4 is 14.8 Å². The Labute approximate surface area is 143 Å². The van der Waals surface area contributed by atoms with Gasteiger partial charge in [-0.25, -0.2) is 0 Å². The summed E-state index contributed by atoms with van der Waals surface area (Å²) >= 11 is 0. The van der Waals surface area contributed by atoms with Crippen LogP contribution in [0.3, 0.4) is 0 Å². The van der Waals surface area contributed by atoms with Crippen LogP contribution >= 0.6 is 0 Å². The number of phenols is 1. The van der Waals surface area contributed by atoms with Crippen LogP contribution in [0.1, 0.15) is 21.8 Å². The Balaban J connectivity index is 1.93. The third-order valence-corrected chi connectivity index (χ3v) is 5.32. The molecule has 1 aliphatic carbocycles. The zero-order valence-corrected chi connectivity index (χ0v) is 13.7. The van der Waals surface area contributed by atoms with Crippen LogP contribution in [0.15, 0.2) is 6.07 Å². The Morgan fingerprint density at radius 3 is 2.56 bits per heavy atom. The third-order valence-electron chi connectivity index (χ3n) is 5.32. The Kier molecular flexibility index (Phi) is 3.58. The number of aromatic hydroxyl groups is 1. The largest absolute Gasteiger partial charge is 0.504 e. The number of aliphatic hydroxyl groups excluding tert-OH is 3. The third kappa shape index (κ3) is 2.13. The van der Waals surface area contributed by atoms with E-state index in [-0.39, 0.29) is 23.9 Å². The summed E-state index contributed by atoms with van der Waals surface area (Å²) in [5, 5.41) is 44.2. The van der Waals surface area contributed by atoms with Crippen molar-refractivity contribution in [2.45, 2.75) is 36.3 Å². The number of carbonyl (C=O) groups excluding carboxylic acids is 1. The second kappa shape index (κ2) is 5.46. The first-order valence-electron chi connectivity index (χ1n) is 8.00. The molecule has 0 radical (unpaired) electrons. The van der Waals surface area contributed by atoms with Gasteiger partial charge in [0.05, 0.1) is 17.7 Å². The first kappa shape index (κ1) is 16.4. The van der Waals surface area contributed by atoms with Gasteiger partial charge >= 0.3 is 0 Å². The monoisotopic (exact) mass is 352 g/mol. The maximum atomic E-state index is 12.5. The van der Waals surface area contributed by atoms with E-state index in [0.717, 1.165) is 0 Å². The molecule has 1 aromatic carbocycles. The number of phenolic OH excluding ortho intramolecular Hbond substituents is 1. The molecule has 1 aromatic rings. The lowest BCUT2D eigenvalue weighted by molar-refractivity contribution is -0.134. The number of hydrogen-bond donors (Lipinski definition) is 5. The van der Waals surface area contributed by atoms with Gasteiger partial charge in [0, 0.05) is 12.0 Å². The van der Waals surface area contributed by atoms with E-state index in [1.165, 1.54) is 0 Å². The zero-order chi connectivity index (χ0) is 18.0. The highest BCUT2D eigenvalue weighted by molar-refractivity contribution is 6.01. The van der Waals surface area contributed by atoms with Crippen molar-refractivity contribution >= 4 is 5.91 Å². The van der Waals surface area contributed by atoms with E-state index >= 15 is 0 Å². The first-order chi connectivity index (χ1) is 11.8. The van der Waals surface area contributed by atoms with E-state index in [9.17, 15) is 25.2 Å². The smallest absolute Gasteiger partial charge is 0.255 e. The molecule has 0 unspecified atom stereocenters. The zero-order valence-electron chi connectivity index (χ0n) is 13.7. The van der Waals surface area contributed by atoms with Gasteiger partial charge in [0.25, 0.3) is 5.91 Å². The summed E-state index contributed by atoms with van der Waals surface area (Å²) in [4.78, 5) is 14.3. The van der Waals surface area contributed by atoms with Crippen molar-refractivity contribution in [1.29, 1.82) is 0 Å². The maximum Gasteiger partial charge on any atom is 0.255 e. The number of amides is 1. The van der Waals surface area contributed by atoms with Crippen LogP contribution in [0, 0.1) is 0 Å². The fourth-order valence-electron chi connectivity index (χ4n) is 4.20. The van der Waals surface area contributed by atoms with Gasteiger partial charge in [-0.1, -0.05) is 0 Å². The average molecular weight is 352 g/mol. The van der Waals surface area contributed by atoms with Crippen molar-refractivity contribution in [3.05, 3.63) is 17.2 Å². The molecular formula is C16H20N2O7. The van der Waals surface area contributed by atoms with Crippen LogP contribution in [0.25, 0.3) is 0 Å². The predicted octanol–water partition coefficient (Wildman–Crippen LogP) is -1.66. The summed E-state index contributed by atoms with van der Waals surface area (Å²) in [5.74, 6) is -1.06. The van der Waals surface area contributed by atoms with Gasteiger partial charge in [0.2, 0.25) is 12.5 Å². The summed E-state index contributed by atoms with van der Waals surface area (Å²) in [6.45, 7) is -0.0669. The second-order valence-corrected chi connectivity index (χ2v) is 6.87. The van der Waals surface area contributed by atoms with Crippen molar-refractivity contribution in [2.24, 2.45) is 0 Å². The first-order valence-corrected chi connectivity index (χ1v) is 8.00. The van der Waals surface area contributed by atoms with E-state index in [2.05, 4.69) is 5.32 Å². The molecule has 136 valence electrons. The number of carbonyl (C=O) groups is 1.